The Morgan fingerprint density at radius 2 is 1.76 bits per heavy atom. The topological polar surface area (TPSA) is 58.2 Å². The zero-order valence-corrected chi connectivity index (χ0v) is 12.4. The van der Waals surface area contributed by atoms with Gasteiger partial charge in [-0.25, -0.2) is 21.6 Å². The van der Waals surface area contributed by atoms with Crippen LogP contribution in [0.25, 0.3) is 0 Å². The summed E-state index contributed by atoms with van der Waals surface area (Å²) in [6.45, 7) is 0.472. The molecule has 0 bridgehead atoms. The van der Waals surface area contributed by atoms with Gasteiger partial charge in [-0.2, -0.15) is 0 Å². The number of nitrogens with one attached hydrogen (secondary N) is 2. The first-order valence-corrected chi connectivity index (χ1v) is 8.09. The van der Waals surface area contributed by atoms with Crippen molar-refractivity contribution in [3.8, 4) is 0 Å². The predicted octanol–water partition coefficient (Wildman–Crippen LogP) is 2.69. The third-order valence-corrected chi connectivity index (χ3v) is 4.95. The van der Waals surface area contributed by atoms with Gasteiger partial charge in [0.1, 0.15) is 11.5 Å². The van der Waals surface area contributed by atoms with Gasteiger partial charge in [-0.3, -0.25) is 4.72 Å². The number of anilines is 1. The second-order valence-corrected chi connectivity index (χ2v) is 6.81. The number of rotatable bonds is 5. The van der Waals surface area contributed by atoms with Crippen molar-refractivity contribution in [3.05, 3.63) is 45.9 Å². The Balaban J connectivity index is 2.33. The van der Waals surface area contributed by atoms with Crippen molar-refractivity contribution in [1.82, 2.24) is 5.32 Å². The fourth-order valence-electron chi connectivity index (χ4n) is 1.60. The summed E-state index contributed by atoms with van der Waals surface area (Å²) in [5, 5.41) is 4.21. The molecule has 0 amide bonds. The Morgan fingerprint density at radius 1 is 1.14 bits per heavy atom. The minimum Gasteiger partial charge on any atom is -0.315 e. The maximum atomic E-state index is 13.5. The van der Waals surface area contributed by atoms with E-state index in [0.717, 1.165) is 4.88 Å². The van der Waals surface area contributed by atoms with E-state index in [-0.39, 0.29) is 4.90 Å². The van der Waals surface area contributed by atoms with Gasteiger partial charge in [0.05, 0.1) is 4.90 Å². The Hall–Kier alpha value is -1.58. The number of thiophene rings is 1. The van der Waals surface area contributed by atoms with Crippen molar-refractivity contribution in [2.24, 2.45) is 0 Å². The molecule has 0 aliphatic carbocycles. The molecule has 9 heteroatoms. The van der Waals surface area contributed by atoms with Crippen LogP contribution in [0.1, 0.15) is 4.88 Å². The predicted molar refractivity (Wildman–Crippen MR) is 74.2 cm³/mol. The molecule has 1 heterocycles. The largest absolute Gasteiger partial charge is 0.315 e. The number of benzene rings is 1. The summed E-state index contributed by atoms with van der Waals surface area (Å²) in [7, 11) is -2.43. The van der Waals surface area contributed by atoms with Crippen LogP contribution in [-0.2, 0) is 16.6 Å². The summed E-state index contributed by atoms with van der Waals surface area (Å²) in [5.74, 6) is -3.76. The first-order valence-electron chi connectivity index (χ1n) is 5.73. The molecule has 4 nitrogen and oxygen atoms in total. The highest BCUT2D eigenvalue weighted by molar-refractivity contribution is 7.92. The van der Waals surface area contributed by atoms with Crippen molar-refractivity contribution in [1.29, 1.82) is 0 Å². The Morgan fingerprint density at radius 3 is 2.33 bits per heavy atom. The fraction of sp³-hybridized carbons (Fsp3) is 0.167. The summed E-state index contributed by atoms with van der Waals surface area (Å²) < 4.78 is 65.6. The van der Waals surface area contributed by atoms with Crippen LogP contribution in [0.3, 0.4) is 0 Å². The van der Waals surface area contributed by atoms with E-state index in [9.17, 15) is 21.6 Å². The molecule has 0 saturated heterocycles. The molecule has 0 fully saturated rings. The number of sulfonamides is 1. The van der Waals surface area contributed by atoms with Gasteiger partial charge in [0.25, 0.3) is 10.0 Å². The maximum absolute atomic E-state index is 13.5. The molecule has 0 aliphatic heterocycles. The lowest BCUT2D eigenvalue weighted by atomic mass is 10.3. The molecule has 0 aliphatic rings. The van der Waals surface area contributed by atoms with Crippen LogP contribution < -0.4 is 10.0 Å². The molecule has 1 aromatic heterocycles. The van der Waals surface area contributed by atoms with Crippen molar-refractivity contribution < 1.29 is 21.6 Å². The minimum absolute atomic E-state index is 0.110. The van der Waals surface area contributed by atoms with Crippen LogP contribution in [-0.4, -0.2) is 15.5 Å². The first-order chi connectivity index (χ1) is 9.83. The van der Waals surface area contributed by atoms with Gasteiger partial charge >= 0.3 is 0 Å². The van der Waals surface area contributed by atoms with Gasteiger partial charge in [-0.1, -0.05) is 0 Å². The highest BCUT2D eigenvalue weighted by Gasteiger charge is 2.21. The van der Waals surface area contributed by atoms with Crippen LogP contribution in [0, 0.1) is 17.5 Å². The van der Waals surface area contributed by atoms with E-state index in [2.05, 4.69) is 5.32 Å². The van der Waals surface area contributed by atoms with Gasteiger partial charge in [-0.15, -0.1) is 11.3 Å². The maximum Gasteiger partial charge on any atom is 0.262 e. The third kappa shape index (κ3) is 3.55. The van der Waals surface area contributed by atoms with E-state index in [0.29, 0.717) is 18.7 Å². The molecule has 0 saturated carbocycles. The summed E-state index contributed by atoms with van der Waals surface area (Å²) in [6.07, 6.45) is 0. The SMILES string of the molecule is CNCc1cc(S(=O)(=O)Nc2c(F)cc(F)cc2F)cs1. The average Bonchev–Trinajstić information content (AvgIpc) is 2.84. The minimum atomic E-state index is -4.14. The average molecular weight is 336 g/mol. The number of hydrogen-bond acceptors (Lipinski definition) is 4. The van der Waals surface area contributed by atoms with Crippen LogP contribution in [0.5, 0.6) is 0 Å². The van der Waals surface area contributed by atoms with E-state index >= 15 is 0 Å². The Kier molecular flexibility index (Phi) is 4.55. The lowest BCUT2D eigenvalue weighted by Gasteiger charge is -2.08. The normalized spacial score (nSPS) is 11.6. The number of halogens is 3. The van der Waals surface area contributed by atoms with Gasteiger partial charge in [0, 0.05) is 28.9 Å². The molecule has 21 heavy (non-hydrogen) atoms. The second kappa shape index (κ2) is 6.04. The van der Waals surface area contributed by atoms with Crippen LogP contribution in [0.4, 0.5) is 18.9 Å². The van der Waals surface area contributed by atoms with Gasteiger partial charge in [0.15, 0.2) is 11.6 Å². The van der Waals surface area contributed by atoms with E-state index in [4.69, 9.17) is 0 Å². The standard InChI is InChI=1S/C12H11F3N2O2S2/c1-16-5-8-4-9(6-20-8)21(18,19)17-12-10(14)2-7(13)3-11(12)15/h2-4,6,16-17H,5H2,1H3. The third-order valence-electron chi connectivity index (χ3n) is 2.53. The molecule has 0 radical (unpaired) electrons. The molecular formula is C12H11F3N2O2S2. The summed E-state index contributed by atoms with van der Waals surface area (Å²) >= 11 is 1.19. The van der Waals surface area contributed by atoms with Crippen molar-refractivity contribution in [2.45, 2.75) is 11.4 Å². The van der Waals surface area contributed by atoms with Crippen molar-refractivity contribution in [2.75, 3.05) is 11.8 Å². The highest BCUT2D eigenvalue weighted by Crippen LogP contribution is 2.25. The molecule has 0 unspecified atom stereocenters. The summed E-state index contributed by atoms with van der Waals surface area (Å²) in [5.41, 5.74) is -0.905. The first kappa shape index (κ1) is 15.8. The van der Waals surface area contributed by atoms with Crippen molar-refractivity contribution >= 4 is 27.0 Å². The zero-order valence-electron chi connectivity index (χ0n) is 10.8. The van der Waals surface area contributed by atoms with Gasteiger partial charge in [0.2, 0.25) is 0 Å². The van der Waals surface area contributed by atoms with Crippen LogP contribution in [0.2, 0.25) is 0 Å². The molecule has 0 spiro atoms. The Labute approximate surface area is 123 Å². The molecule has 0 atom stereocenters. The molecule has 2 rings (SSSR count). The van der Waals surface area contributed by atoms with Crippen molar-refractivity contribution in [3.63, 3.8) is 0 Å². The Bertz CT molecular complexity index is 737. The molecule has 2 aromatic rings. The van der Waals surface area contributed by atoms with E-state index in [1.165, 1.54) is 22.8 Å². The van der Waals surface area contributed by atoms with E-state index in [1.54, 1.807) is 11.8 Å². The lowest BCUT2D eigenvalue weighted by molar-refractivity contribution is 0.547. The van der Waals surface area contributed by atoms with Crippen LogP contribution >= 0.6 is 11.3 Å². The molecule has 114 valence electrons. The lowest BCUT2D eigenvalue weighted by Crippen LogP contribution is -2.15. The van der Waals surface area contributed by atoms with E-state index < -0.39 is 33.2 Å². The van der Waals surface area contributed by atoms with Gasteiger partial charge in [-0.05, 0) is 13.1 Å². The highest BCUT2D eigenvalue weighted by atomic mass is 32.2. The fourth-order valence-corrected chi connectivity index (χ4v) is 3.96. The van der Waals surface area contributed by atoms with Crippen LogP contribution in [0.15, 0.2) is 28.5 Å². The number of hydrogen-bond donors (Lipinski definition) is 2. The van der Waals surface area contributed by atoms with Gasteiger partial charge < -0.3 is 5.32 Å². The quantitative estimate of drug-likeness (QED) is 0.883. The smallest absolute Gasteiger partial charge is 0.262 e. The van der Waals surface area contributed by atoms with E-state index in [1.807, 2.05) is 0 Å². The monoisotopic (exact) mass is 336 g/mol. The molecule has 1 aromatic carbocycles. The summed E-state index contributed by atoms with van der Waals surface area (Å²) in [6, 6.07) is 2.20. The molecule has 2 N–H and O–H groups in total. The molecular weight excluding hydrogens is 325 g/mol. The summed E-state index contributed by atoms with van der Waals surface area (Å²) in [4.78, 5) is 0.638. The zero-order chi connectivity index (χ0) is 15.6. The second-order valence-electron chi connectivity index (χ2n) is 4.13.